The molecule has 0 spiro atoms. The molecule has 3 rings (SSSR count). The van der Waals surface area contributed by atoms with Crippen LogP contribution in [0, 0.1) is 16.0 Å². The second-order valence-electron chi connectivity index (χ2n) is 5.72. The summed E-state index contributed by atoms with van der Waals surface area (Å²) in [7, 11) is -3.90. The molecule has 1 fully saturated rings. The number of hydrogen-bond acceptors (Lipinski definition) is 4. The molecule has 2 aromatic rings. The van der Waals surface area contributed by atoms with Crippen molar-refractivity contribution < 1.29 is 13.3 Å². The molecule has 0 radical (unpaired) electrons. The predicted octanol–water partition coefficient (Wildman–Crippen LogP) is 3.68. The van der Waals surface area contributed by atoms with E-state index in [2.05, 4.69) is 4.72 Å². The van der Waals surface area contributed by atoms with Crippen LogP contribution in [-0.4, -0.2) is 13.3 Å². The molecule has 1 N–H and O–H groups in total. The van der Waals surface area contributed by atoms with E-state index in [4.69, 9.17) is 11.6 Å². The first kappa shape index (κ1) is 16.9. The van der Waals surface area contributed by atoms with Crippen molar-refractivity contribution in [3.8, 4) is 0 Å². The van der Waals surface area contributed by atoms with Gasteiger partial charge in [-0.2, -0.15) is 0 Å². The fourth-order valence-electron chi connectivity index (χ4n) is 2.56. The molecule has 1 saturated carbocycles. The Morgan fingerprint density at radius 3 is 2.42 bits per heavy atom. The molecule has 0 heterocycles. The number of rotatable bonds is 6. The Bertz CT molecular complexity index is 867. The lowest BCUT2D eigenvalue weighted by Gasteiger charge is -2.19. The average Bonchev–Trinajstić information content (AvgIpc) is 3.38. The van der Waals surface area contributed by atoms with Crippen LogP contribution < -0.4 is 4.72 Å². The Morgan fingerprint density at radius 2 is 1.83 bits per heavy atom. The monoisotopic (exact) mass is 366 g/mol. The number of sulfonamides is 1. The molecule has 24 heavy (non-hydrogen) atoms. The lowest BCUT2D eigenvalue weighted by molar-refractivity contribution is -0.384. The Morgan fingerprint density at radius 1 is 1.17 bits per heavy atom. The van der Waals surface area contributed by atoms with Crippen molar-refractivity contribution in [1.82, 2.24) is 4.72 Å². The molecule has 1 unspecified atom stereocenters. The first-order valence-electron chi connectivity index (χ1n) is 7.40. The number of hydrogen-bond donors (Lipinski definition) is 1. The lowest BCUT2D eigenvalue weighted by atomic mass is 10.0. The molecule has 2 aromatic carbocycles. The summed E-state index contributed by atoms with van der Waals surface area (Å²) in [4.78, 5) is 10.1. The van der Waals surface area contributed by atoms with Crippen molar-refractivity contribution >= 4 is 27.3 Å². The first-order chi connectivity index (χ1) is 11.4. The molecule has 8 heteroatoms. The van der Waals surface area contributed by atoms with E-state index in [0.29, 0.717) is 0 Å². The van der Waals surface area contributed by atoms with Gasteiger partial charge in [-0.05, 0) is 36.5 Å². The summed E-state index contributed by atoms with van der Waals surface area (Å²) in [6.45, 7) is 0. The largest absolute Gasteiger partial charge is 0.289 e. The first-order valence-corrected chi connectivity index (χ1v) is 9.26. The normalized spacial score (nSPS) is 15.9. The van der Waals surface area contributed by atoms with Crippen molar-refractivity contribution in [2.45, 2.75) is 23.8 Å². The number of benzene rings is 2. The summed E-state index contributed by atoms with van der Waals surface area (Å²) in [6, 6.07) is 12.5. The summed E-state index contributed by atoms with van der Waals surface area (Å²) in [5.41, 5.74) is 0.453. The van der Waals surface area contributed by atoms with Gasteiger partial charge in [-0.15, -0.1) is 0 Å². The molecule has 0 amide bonds. The minimum atomic E-state index is -3.90. The van der Waals surface area contributed by atoms with E-state index in [-0.39, 0.29) is 21.9 Å². The maximum absolute atomic E-state index is 12.7. The van der Waals surface area contributed by atoms with Gasteiger partial charge in [0.15, 0.2) is 0 Å². The average molecular weight is 367 g/mol. The Balaban J connectivity index is 1.93. The van der Waals surface area contributed by atoms with Crippen LogP contribution in [0.25, 0.3) is 0 Å². The summed E-state index contributed by atoms with van der Waals surface area (Å²) in [5, 5.41) is 10.9. The molecule has 6 nitrogen and oxygen atoms in total. The predicted molar refractivity (Wildman–Crippen MR) is 90.3 cm³/mol. The van der Waals surface area contributed by atoms with Crippen molar-refractivity contribution in [3.63, 3.8) is 0 Å². The van der Waals surface area contributed by atoms with E-state index in [1.807, 2.05) is 30.3 Å². The van der Waals surface area contributed by atoms with Crippen LogP contribution >= 0.6 is 11.6 Å². The summed E-state index contributed by atoms with van der Waals surface area (Å²) < 4.78 is 28.0. The van der Waals surface area contributed by atoms with Crippen molar-refractivity contribution in [1.29, 1.82) is 0 Å². The fraction of sp³-hybridized carbons (Fsp3) is 0.250. The number of nitro benzene ring substituents is 1. The molecule has 0 bridgehead atoms. The SMILES string of the molecule is O=[N+]([O-])c1cc(S(=O)(=O)NC(c2ccccc2)C2CC2)ccc1Cl. The molecule has 0 aromatic heterocycles. The van der Waals surface area contributed by atoms with Gasteiger partial charge >= 0.3 is 0 Å². The summed E-state index contributed by atoms with van der Waals surface area (Å²) >= 11 is 5.75. The molecular formula is C16H15ClN2O4S. The van der Waals surface area contributed by atoms with E-state index < -0.39 is 20.6 Å². The van der Waals surface area contributed by atoms with Gasteiger partial charge in [0, 0.05) is 12.1 Å². The molecule has 1 atom stereocenters. The lowest BCUT2D eigenvalue weighted by Crippen LogP contribution is -2.30. The van der Waals surface area contributed by atoms with E-state index in [1.165, 1.54) is 12.1 Å². The topological polar surface area (TPSA) is 89.3 Å². The van der Waals surface area contributed by atoms with Crippen LogP contribution in [0.1, 0.15) is 24.4 Å². The number of nitrogens with one attached hydrogen (secondary N) is 1. The minimum absolute atomic E-state index is 0.0965. The Labute approximate surface area is 144 Å². The molecule has 0 saturated heterocycles. The van der Waals surface area contributed by atoms with Crippen LogP contribution in [0.4, 0.5) is 5.69 Å². The summed E-state index contributed by atoms with van der Waals surface area (Å²) in [6.07, 6.45) is 1.89. The molecule has 126 valence electrons. The molecule has 1 aliphatic carbocycles. The van der Waals surface area contributed by atoms with Crippen LogP contribution in [0.15, 0.2) is 53.4 Å². The summed E-state index contributed by atoms with van der Waals surface area (Å²) in [5.74, 6) is 0.240. The zero-order valence-corrected chi connectivity index (χ0v) is 14.1. The number of nitrogens with zero attached hydrogens (tertiary/aromatic N) is 1. The van der Waals surface area contributed by atoms with Gasteiger partial charge in [0.1, 0.15) is 5.02 Å². The van der Waals surface area contributed by atoms with E-state index in [1.54, 1.807) is 0 Å². The highest BCUT2D eigenvalue weighted by Gasteiger charge is 2.35. The number of nitro groups is 1. The third kappa shape index (κ3) is 3.58. The third-order valence-electron chi connectivity index (χ3n) is 3.96. The zero-order chi connectivity index (χ0) is 17.3. The highest BCUT2D eigenvalue weighted by molar-refractivity contribution is 7.89. The quantitative estimate of drug-likeness (QED) is 0.623. The van der Waals surface area contributed by atoms with E-state index >= 15 is 0 Å². The van der Waals surface area contributed by atoms with Gasteiger partial charge in [0.2, 0.25) is 10.0 Å². The highest BCUT2D eigenvalue weighted by atomic mass is 35.5. The van der Waals surface area contributed by atoms with Gasteiger partial charge in [0.25, 0.3) is 5.69 Å². The van der Waals surface area contributed by atoms with Gasteiger partial charge in [-0.3, -0.25) is 10.1 Å². The minimum Gasteiger partial charge on any atom is -0.258 e. The standard InChI is InChI=1S/C16H15ClN2O4S/c17-14-9-8-13(10-15(14)19(20)21)24(22,23)18-16(12-6-7-12)11-4-2-1-3-5-11/h1-5,8-10,12,16,18H,6-7H2. The second-order valence-corrected chi connectivity index (χ2v) is 7.84. The van der Waals surface area contributed by atoms with Crippen LogP contribution in [0.3, 0.4) is 0 Å². The van der Waals surface area contributed by atoms with E-state index in [9.17, 15) is 18.5 Å². The van der Waals surface area contributed by atoms with Gasteiger partial charge in [-0.25, -0.2) is 13.1 Å². The van der Waals surface area contributed by atoms with Crippen molar-refractivity contribution in [2.75, 3.05) is 0 Å². The van der Waals surface area contributed by atoms with Gasteiger partial charge in [0.05, 0.1) is 9.82 Å². The Hall–Kier alpha value is -1.96. The number of halogens is 1. The zero-order valence-electron chi connectivity index (χ0n) is 12.6. The highest BCUT2D eigenvalue weighted by Crippen LogP contribution is 2.41. The third-order valence-corrected chi connectivity index (χ3v) is 5.72. The maximum atomic E-state index is 12.7. The van der Waals surface area contributed by atoms with Crippen molar-refractivity contribution in [3.05, 3.63) is 69.2 Å². The van der Waals surface area contributed by atoms with Crippen LogP contribution in [0.5, 0.6) is 0 Å². The maximum Gasteiger partial charge on any atom is 0.289 e. The molecular weight excluding hydrogens is 352 g/mol. The van der Waals surface area contributed by atoms with Crippen LogP contribution in [0.2, 0.25) is 5.02 Å². The second kappa shape index (κ2) is 6.51. The smallest absolute Gasteiger partial charge is 0.258 e. The van der Waals surface area contributed by atoms with Crippen molar-refractivity contribution in [2.24, 2.45) is 5.92 Å². The molecule has 0 aliphatic heterocycles. The van der Waals surface area contributed by atoms with Gasteiger partial charge < -0.3 is 0 Å². The fourth-order valence-corrected chi connectivity index (χ4v) is 4.06. The van der Waals surface area contributed by atoms with Crippen LogP contribution in [-0.2, 0) is 10.0 Å². The molecule has 1 aliphatic rings. The van der Waals surface area contributed by atoms with E-state index in [0.717, 1.165) is 24.5 Å². The van der Waals surface area contributed by atoms with Gasteiger partial charge in [-0.1, -0.05) is 41.9 Å². The Kier molecular flexibility index (Phi) is 4.58.